The van der Waals surface area contributed by atoms with Crippen LogP contribution in [0, 0.1) is 11.8 Å². The van der Waals surface area contributed by atoms with Crippen LogP contribution in [-0.4, -0.2) is 0 Å². The lowest BCUT2D eigenvalue weighted by Crippen LogP contribution is -2.16. The monoisotopic (exact) mass is 349 g/mol. The largest absolute Gasteiger partial charge is 0.0654 e. The van der Waals surface area contributed by atoms with Crippen molar-refractivity contribution in [3.8, 4) is 0 Å². The maximum Gasteiger partial charge on any atom is -0.0210 e. The first-order chi connectivity index (χ1) is 12.4. The Kier molecular flexibility index (Phi) is 16.1. The highest BCUT2D eigenvalue weighted by Gasteiger charge is 2.23. The van der Waals surface area contributed by atoms with Crippen LogP contribution in [0.15, 0.2) is 0 Å². The minimum absolute atomic E-state index is 0.991. The fraction of sp³-hybridized carbons (Fsp3) is 0.960. The summed E-state index contributed by atoms with van der Waals surface area (Å²) in [5.74, 6) is 2.96. The van der Waals surface area contributed by atoms with Gasteiger partial charge in [-0.15, -0.1) is 0 Å². The number of hydrogen-bond donors (Lipinski definition) is 0. The molecule has 1 aliphatic rings. The molecule has 0 amide bonds. The molecule has 25 heavy (non-hydrogen) atoms. The highest BCUT2D eigenvalue weighted by molar-refractivity contribution is 4.98. The predicted molar refractivity (Wildman–Crippen MR) is 115 cm³/mol. The average Bonchev–Trinajstić information content (AvgIpc) is 2.65. The second-order valence-corrected chi connectivity index (χ2v) is 8.74. The molecule has 1 rings (SSSR count). The Bertz CT molecular complexity index is 251. The Balaban J connectivity index is 2.01. The molecule has 0 saturated heterocycles. The Morgan fingerprint density at radius 3 is 1.44 bits per heavy atom. The van der Waals surface area contributed by atoms with Crippen LogP contribution in [0.2, 0.25) is 0 Å². The van der Waals surface area contributed by atoms with E-state index in [4.69, 9.17) is 0 Å². The van der Waals surface area contributed by atoms with Crippen LogP contribution in [-0.2, 0) is 0 Å². The molecule has 1 aliphatic carbocycles. The predicted octanol–water partition coefficient (Wildman–Crippen LogP) is 9.42. The van der Waals surface area contributed by atoms with Crippen LogP contribution >= 0.6 is 0 Å². The van der Waals surface area contributed by atoms with Crippen molar-refractivity contribution < 1.29 is 0 Å². The van der Waals surface area contributed by atoms with Crippen LogP contribution < -0.4 is 0 Å². The second kappa shape index (κ2) is 17.4. The van der Waals surface area contributed by atoms with Crippen LogP contribution in [0.5, 0.6) is 0 Å². The smallest absolute Gasteiger partial charge is 0.0210 e. The fourth-order valence-corrected chi connectivity index (χ4v) is 4.66. The molecule has 0 spiro atoms. The molecule has 0 nitrogen and oxygen atoms in total. The normalized spacial score (nSPS) is 17.0. The van der Waals surface area contributed by atoms with E-state index in [1.807, 2.05) is 5.92 Å². The SMILES string of the molecule is CCCCCCCCCCCCCC(CCCCC)[C]1CCCCC1. The van der Waals surface area contributed by atoms with Gasteiger partial charge in [-0.2, -0.15) is 0 Å². The zero-order chi connectivity index (χ0) is 18.0. The van der Waals surface area contributed by atoms with E-state index in [0.717, 1.165) is 5.92 Å². The summed E-state index contributed by atoms with van der Waals surface area (Å²) in [6.07, 6.45) is 30.9. The van der Waals surface area contributed by atoms with E-state index in [0.29, 0.717) is 0 Å². The van der Waals surface area contributed by atoms with E-state index >= 15 is 0 Å². The van der Waals surface area contributed by atoms with Crippen molar-refractivity contribution in [1.82, 2.24) is 0 Å². The first-order valence-electron chi connectivity index (χ1n) is 12.2. The van der Waals surface area contributed by atoms with Crippen molar-refractivity contribution in [1.29, 1.82) is 0 Å². The third-order valence-corrected chi connectivity index (χ3v) is 6.39. The molecule has 149 valence electrons. The summed E-state index contributed by atoms with van der Waals surface area (Å²) < 4.78 is 0. The van der Waals surface area contributed by atoms with E-state index in [2.05, 4.69) is 13.8 Å². The van der Waals surface area contributed by atoms with E-state index in [-0.39, 0.29) is 0 Å². The summed E-state index contributed by atoms with van der Waals surface area (Å²) in [6, 6.07) is 0. The minimum Gasteiger partial charge on any atom is -0.0654 e. The van der Waals surface area contributed by atoms with Gasteiger partial charge in [0.1, 0.15) is 0 Å². The summed E-state index contributed by atoms with van der Waals surface area (Å²) in [7, 11) is 0. The van der Waals surface area contributed by atoms with Crippen LogP contribution in [0.1, 0.15) is 149 Å². The number of rotatable bonds is 17. The molecule has 0 aromatic carbocycles. The first kappa shape index (κ1) is 23.0. The molecule has 0 heteroatoms. The molecular weight excluding hydrogens is 300 g/mol. The van der Waals surface area contributed by atoms with Gasteiger partial charge in [0.05, 0.1) is 0 Å². The Hall–Kier alpha value is 0. The van der Waals surface area contributed by atoms with E-state index in [9.17, 15) is 0 Å². The topological polar surface area (TPSA) is 0 Å². The minimum atomic E-state index is 0.991. The third kappa shape index (κ3) is 12.9. The fourth-order valence-electron chi connectivity index (χ4n) is 4.66. The molecule has 0 bridgehead atoms. The van der Waals surface area contributed by atoms with E-state index in [1.165, 1.54) is 135 Å². The average molecular weight is 350 g/mol. The van der Waals surface area contributed by atoms with Crippen molar-refractivity contribution in [3.05, 3.63) is 5.92 Å². The van der Waals surface area contributed by atoms with Crippen molar-refractivity contribution in [2.75, 3.05) is 0 Å². The van der Waals surface area contributed by atoms with Crippen LogP contribution in [0.4, 0.5) is 0 Å². The summed E-state index contributed by atoms with van der Waals surface area (Å²) in [4.78, 5) is 0. The van der Waals surface area contributed by atoms with Gasteiger partial charge in [-0.1, -0.05) is 123 Å². The summed E-state index contributed by atoms with van der Waals surface area (Å²) in [5, 5.41) is 0. The van der Waals surface area contributed by atoms with Gasteiger partial charge < -0.3 is 0 Å². The number of hydrogen-bond acceptors (Lipinski definition) is 0. The molecule has 1 fully saturated rings. The van der Waals surface area contributed by atoms with Crippen LogP contribution in [0.25, 0.3) is 0 Å². The van der Waals surface area contributed by atoms with Gasteiger partial charge >= 0.3 is 0 Å². The summed E-state index contributed by atoms with van der Waals surface area (Å²) in [5.41, 5.74) is 0. The van der Waals surface area contributed by atoms with Crippen LogP contribution in [0.3, 0.4) is 0 Å². The third-order valence-electron chi connectivity index (χ3n) is 6.39. The zero-order valence-electron chi connectivity index (χ0n) is 17.9. The zero-order valence-corrected chi connectivity index (χ0v) is 17.9. The maximum atomic E-state index is 2.34. The highest BCUT2D eigenvalue weighted by atomic mass is 14.3. The lowest BCUT2D eigenvalue weighted by Gasteiger charge is -2.30. The molecule has 1 saturated carbocycles. The van der Waals surface area contributed by atoms with E-state index in [1.54, 1.807) is 0 Å². The van der Waals surface area contributed by atoms with E-state index < -0.39 is 0 Å². The lowest BCUT2D eigenvalue weighted by atomic mass is 9.75. The van der Waals surface area contributed by atoms with Gasteiger partial charge in [0.2, 0.25) is 0 Å². The van der Waals surface area contributed by atoms with Gasteiger partial charge in [0.15, 0.2) is 0 Å². The van der Waals surface area contributed by atoms with Crippen molar-refractivity contribution in [2.24, 2.45) is 5.92 Å². The number of unbranched alkanes of at least 4 members (excludes halogenated alkanes) is 12. The molecule has 0 heterocycles. The summed E-state index contributed by atoms with van der Waals surface area (Å²) in [6.45, 7) is 4.65. The Morgan fingerprint density at radius 1 is 0.520 bits per heavy atom. The van der Waals surface area contributed by atoms with Crippen molar-refractivity contribution in [3.63, 3.8) is 0 Å². The van der Waals surface area contributed by atoms with Crippen molar-refractivity contribution >= 4 is 0 Å². The van der Waals surface area contributed by atoms with Gasteiger partial charge in [-0.3, -0.25) is 0 Å². The molecule has 1 unspecified atom stereocenters. The molecule has 0 aromatic heterocycles. The molecule has 0 N–H and O–H groups in total. The Labute approximate surface area is 160 Å². The first-order valence-corrected chi connectivity index (χ1v) is 12.2. The molecule has 1 radical (unpaired) electrons. The molecular formula is C25H49. The second-order valence-electron chi connectivity index (χ2n) is 8.74. The quantitative estimate of drug-likeness (QED) is 0.229. The molecule has 0 aromatic rings. The lowest BCUT2D eigenvalue weighted by molar-refractivity contribution is 0.356. The molecule has 1 atom stereocenters. The highest BCUT2D eigenvalue weighted by Crippen LogP contribution is 2.37. The Morgan fingerprint density at radius 2 is 0.920 bits per heavy atom. The standard InChI is InChI=1S/C25H49/c1-3-5-7-8-9-10-11-12-13-14-17-21-24(20-16-6-4-2)25-22-18-15-19-23-25/h24H,3-23H2,1-2H3. The van der Waals surface area contributed by atoms with Gasteiger partial charge in [0.25, 0.3) is 0 Å². The van der Waals surface area contributed by atoms with Crippen molar-refractivity contribution in [2.45, 2.75) is 149 Å². The molecule has 0 aliphatic heterocycles. The maximum absolute atomic E-state index is 2.34. The van der Waals surface area contributed by atoms with Gasteiger partial charge in [0, 0.05) is 0 Å². The summed E-state index contributed by atoms with van der Waals surface area (Å²) >= 11 is 0. The van der Waals surface area contributed by atoms with Gasteiger partial charge in [-0.05, 0) is 37.5 Å². The van der Waals surface area contributed by atoms with Gasteiger partial charge in [-0.25, -0.2) is 0 Å².